The highest BCUT2D eigenvalue weighted by molar-refractivity contribution is 7.18. The number of hydrogen-bond donors (Lipinski definition) is 3. The molecular formula is C10H17N5O2S. The summed E-state index contributed by atoms with van der Waals surface area (Å²) in [7, 11) is 3.66. The Bertz CT molecular complexity index is 443. The molecule has 0 aliphatic rings. The van der Waals surface area contributed by atoms with Gasteiger partial charge in [-0.15, -0.1) is 0 Å². The SMILES string of the molecule is CC(=O)NCCNC(=O)c1sc(N(C)C)nc1N. The van der Waals surface area contributed by atoms with Crippen LogP contribution in [0.1, 0.15) is 16.6 Å². The molecule has 0 aliphatic carbocycles. The zero-order chi connectivity index (χ0) is 13.7. The lowest BCUT2D eigenvalue weighted by atomic mass is 10.4. The van der Waals surface area contributed by atoms with Crippen LogP contribution >= 0.6 is 11.3 Å². The van der Waals surface area contributed by atoms with Crippen LogP contribution < -0.4 is 21.3 Å². The first kappa shape index (κ1) is 14.2. The Morgan fingerprint density at radius 3 is 2.44 bits per heavy atom. The molecule has 8 heteroatoms. The van der Waals surface area contributed by atoms with E-state index in [9.17, 15) is 9.59 Å². The second-order valence-electron chi connectivity index (χ2n) is 3.84. The van der Waals surface area contributed by atoms with Crippen LogP contribution in [-0.4, -0.2) is 44.0 Å². The molecule has 0 radical (unpaired) electrons. The summed E-state index contributed by atoms with van der Waals surface area (Å²) >= 11 is 1.23. The maximum absolute atomic E-state index is 11.8. The van der Waals surface area contributed by atoms with Gasteiger partial charge in [-0.1, -0.05) is 11.3 Å². The van der Waals surface area contributed by atoms with Crippen LogP contribution in [0.25, 0.3) is 0 Å². The molecule has 1 aromatic heterocycles. The average Bonchev–Trinajstić information content (AvgIpc) is 2.66. The maximum Gasteiger partial charge on any atom is 0.265 e. The highest BCUT2D eigenvalue weighted by Gasteiger charge is 2.16. The number of nitrogens with one attached hydrogen (secondary N) is 2. The van der Waals surface area contributed by atoms with Crippen molar-refractivity contribution in [2.75, 3.05) is 37.8 Å². The fourth-order valence-corrected chi connectivity index (χ4v) is 1.99. The second kappa shape index (κ2) is 6.20. The highest BCUT2D eigenvalue weighted by atomic mass is 32.1. The number of nitrogens with two attached hydrogens (primary N) is 1. The fraction of sp³-hybridized carbons (Fsp3) is 0.500. The topological polar surface area (TPSA) is 100 Å². The lowest BCUT2D eigenvalue weighted by Gasteiger charge is -2.05. The molecule has 0 saturated carbocycles. The molecular weight excluding hydrogens is 254 g/mol. The number of anilines is 2. The molecule has 4 N–H and O–H groups in total. The summed E-state index contributed by atoms with van der Waals surface area (Å²) in [5, 5.41) is 5.93. The Morgan fingerprint density at radius 1 is 1.33 bits per heavy atom. The van der Waals surface area contributed by atoms with Gasteiger partial charge in [-0.05, 0) is 0 Å². The zero-order valence-electron chi connectivity index (χ0n) is 10.6. The quantitative estimate of drug-likeness (QED) is 0.636. The normalized spacial score (nSPS) is 9.94. The van der Waals surface area contributed by atoms with E-state index < -0.39 is 0 Å². The molecule has 0 saturated heterocycles. The summed E-state index contributed by atoms with van der Waals surface area (Å²) in [4.78, 5) is 28.7. The van der Waals surface area contributed by atoms with Gasteiger partial charge in [0.25, 0.3) is 5.91 Å². The van der Waals surface area contributed by atoms with E-state index >= 15 is 0 Å². The van der Waals surface area contributed by atoms with E-state index in [1.807, 2.05) is 14.1 Å². The van der Waals surface area contributed by atoms with Gasteiger partial charge in [0.2, 0.25) is 5.91 Å². The third-order valence-electron chi connectivity index (χ3n) is 2.02. The van der Waals surface area contributed by atoms with Crippen LogP contribution in [0.5, 0.6) is 0 Å². The Morgan fingerprint density at radius 2 is 1.94 bits per heavy atom. The number of carbonyl (C=O) groups is 2. The monoisotopic (exact) mass is 271 g/mol. The van der Waals surface area contributed by atoms with Gasteiger partial charge in [-0.2, -0.15) is 0 Å². The molecule has 7 nitrogen and oxygen atoms in total. The number of thiazole rings is 1. The number of aromatic nitrogens is 1. The van der Waals surface area contributed by atoms with E-state index in [1.54, 1.807) is 4.90 Å². The molecule has 0 unspecified atom stereocenters. The summed E-state index contributed by atoms with van der Waals surface area (Å²) in [6, 6.07) is 0. The highest BCUT2D eigenvalue weighted by Crippen LogP contribution is 2.26. The third kappa shape index (κ3) is 3.88. The molecule has 0 bridgehead atoms. The molecule has 0 aliphatic heterocycles. The van der Waals surface area contributed by atoms with E-state index in [1.165, 1.54) is 18.3 Å². The van der Waals surface area contributed by atoms with Crippen molar-refractivity contribution in [3.05, 3.63) is 4.88 Å². The van der Waals surface area contributed by atoms with Crippen LogP contribution in [0.4, 0.5) is 10.9 Å². The van der Waals surface area contributed by atoms with Crippen LogP contribution in [0.2, 0.25) is 0 Å². The molecule has 0 aromatic carbocycles. The predicted octanol–water partition coefficient (Wildman–Crippen LogP) is -0.343. The van der Waals surface area contributed by atoms with Crippen LogP contribution in [0.15, 0.2) is 0 Å². The standard InChI is InChI=1S/C10H17N5O2S/c1-6(16)12-4-5-13-9(17)7-8(11)14-10(18-7)15(2)3/h4-5,11H2,1-3H3,(H,12,16)(H,13,17). The molecule has 0 fully saturated rings. The second-order valence-corrected chi connectivity index (χ2v) is 4.82. The van der Waals surface area contributed by atoms with E-state index in [0.29, 0.717) is 23.1 Å². The number of rotatable bonds is 5. The first-order chi connectivity index (χ1) is 8.41. The summed E-state index contributed by atoms with van der Waals surface area (Å²) in [6.07, 6.45) is 0. The van der Waals surface area contributed by atoms with E-state index in [4.69, 9.17) is 5.73 Å². The van der Waals surface area contributed by atoms with Gasteiger partial charge in [-0.25, -0.2) is 4.98 Å². The molecule has 1 rings (SSSR count). The largest absolute Gasteiger partial charge is 0.382 e. The molecule has 2 amide bonds. The van der Waals surface area contributed by atoms with E-state index in [0.717, 1.165) is 0 Å². The van der Waals surface area contributed by atoms with Crippen molar-refractivity contribution in [3.8, 4) is 0 Å². The van der Waals surface area contributed by atoms with Crippen molar-refractivity contribution < 1.29 is 9.59 Å². The van der Waals surface area contributed by atoms with Crippen LogP contribution in [-0.2, 0) is 4.79 Å². The number of nitrogen functional groups attached to an aromatic ring is 1. The van der Waals surface area contributed by atoms with Gasteiger partial charge < -0.3 is 21.3 Å². The van der Waals surface area contributed by atoms with Crippen molar-refractivity contribution in [2.24, 2.45) is 0 Å². The molecule has 18 heavy (non-hydrogen) atoms. The first-order valence-corrected chi connectivity index (χ1v) is 6.19. The van der Waals surface area contributed by atoms with Crippen molar-refractivity contribution in [1.82, 2.24) is 15.6 Å². The Kier molecular flexibility index (Phi) is 4.90. The molecule has 1 heterocycles. The lowest BCUT2D eigenvalue weighted by molar-refractivity contribution is -0.118. The van der Waals surface area contributed by atoms with Gasteiger partial charge in [0.15, 0.2) is 5.13 Å². The van der Waals surface area contributed by atoms with Crippen molar-refractivity contribution in [1.29, 1.82) is 0 Å². The third-order valence-corrected chi connectivity index (χ3v) is 3.25. The molecule has 1 aromatic rings. The Balaban J connectivity index is 2.53. The van der Waals surface area contributed by atoms with Gasteiger partial charge in [-0.3, -0.25) is 9.59 Å². The van der Waals surface area contributed by atoms with Crippen molar-refractivity contribution >= 4 is 34.1 Å². The first-order valence-electron chi connectivity index (χ1n) is 5.38. The van der Waals surface area contributed by atoms with Gasteiger partial charge in [0.05, 0.1) is 0 Å². The van der Waals surface area contributed by atoms with Crippen molar-refractivity contribution in [2.45, 2.75) is 6.92 Å². The molecule has 100 valence electrons. The number of amides is 2. The number of hydrogen-bond acceptors (Lipinski definition) is 6. The summed E-state index contributed by atoms with van der Waals surface area (Å²) in [5.41, 5.74) is 5.67. The Labute approximate surface area is 109 Å². The van der Waals surface area contributed by atoms with Crippen molar-refractivity contribution in [3.63, 3.8) is 0 Å². The van der Waals surface area contributed by atoms with Gasteiger partial charge in [0.1, 0.15) is 10.7 Å². The smallest absolute Gasteiger partial charge is 0.265 e. The lowest BCUT2D eigenvalue weighted by Crippen LogP contribution is -2.33. The van der Waals surface area contributed by atoms with Gasteiger partial charge >= 0.3 is 0 Å². The summed E-state index contributed by atoms with van der Waals surface area (Å²) in [6.45, 7) is 2.17. The maximum atomic E-state index is 11.8. The number of carbonyl (C=O) groups excluding carboxylic acids is 2. The van der Waals surface area contributed by atoms with Gasteiger partial charge in [0, 0.05) is 34.1 Å². The molecule has 0 atom stereocenters. The van der Waals surface area contributed by atoms with E-state index in [2.05, 4.69) is 15.6 Å². The predicted molar refractivity (Wildman–Crippen MR) is 71.9 cm³/mol. The number of nitrogens with zero attached hydrogens (tertiary/aromatic N) is 2. The van der Waals surface area contributed by atoms with E-state index in [-0.39, 0.29) is 17.6 Å². The van der Waals surface area contributed by atoms with Crippen LogP contribution in [0.3, 0.4) is 0 Å². The fourth-order valence-electron chi connectivity index (χ4n) is 1.17. The van der Waals surface area contributed by atoms with Crippen LogP contribution in [0, 0.1) is 0 Å². The average molecular weight is 271 g/mol. The minimum Gasteiger partial charge on any atom is -0.382 e. The summed E-state index contributed by atoms with van der Waals surface area (Å²) < 4.78 is 0. The summed E-state index contributed by atoms with van der Waals surface area (Å²) in [5.74, 6) is -0.180. The Hall–Kier alpha value is -1.83. The minimum absolute atomic E-state index is 0.128. The molecule has 0 spiro atoms. The minimum atomic E-state index is -0.275. The zero-order valence-corrected chi connectivity index (χ0v) is 11.4.